The molecule has 126 valence electrons. The first kappa shape index (κ1) is 18.3. The maximum atomic E-state index is 12.2. The van der Waals surface area contributed by atoms with Crippen LogP contribution in [0.3, 0.4) is 0 Å². The summed E-state index contributed by atoms with van der Waals surface area (Å²) in [4.78, 5) is 12.2. The number of aliphatic hydroxyl groups is 1. The van der Waals surface area contributed by atoms with Gasteiger partial charge in [0.15, 0.2) is 5.60 Å². The van der Waals surface area contributed by atoms with Crippen molar-refractivity contribution in [3.63, 3.8) is 0 Å². The number of rotatable bonds is 5. The first-order chi connectivity index (χ1) is 11.9. The van der Waals surface area contributed by atoms with Gasteiger partial charge in [-0.2, -0.15) is 10.5 Å². The molecule has 0 radical (unpaired) electrons. The van der Waals surface area contributed by atoms with Crippen molar-refractivity contribution in [2.75, 3.05) is 11.9 Å². The maximum Gasteiger partial charge on any atom is 0.259 e. The summed E-state index contributed by atoms with van der Waals surface area (Å²) in [7, 11) is 0. The number of nitriles is 2. The van der Waals surface area contributed by atoms with Gasteiger partial charge in [0.05, 0.1) is 22.2 Å². The van der Waals surface area contributed by atoms with Crippen LogP contribution in [0.25, 0.3) is 0 Å². The van der Waals surface area contributed by atoms with Gasteiger partial charge in [-0.3, -0.25) is 4.79 Å². The first-order valence-electron chi connectivity index (χ1n) is 7.22. The Balaban J connectivity index is 2.00. The zero-order valence-electron chi connectivity index (χ0n) is 13.3. The molecule has 7 heteroatoms. The molecule has 2 N–H and O–H groups in total. The van der Waals surface area contributed by atoms with E-state index in [1.807, 2.05) is 12.1 Å². The zero-order valence-corrected chi connectivity index (χ0v) is 14.0. The largest absolute Gasteiger partial charge is 0.490 e. The van der Waals surface area contributed by atoms with Crippen molar-refractivity contribution in [1.29, 1.82) is 10.5 Å². The van der Waals surface area contributed by atoms with Gasteiger partial charge in [-0.25, -0.2) is 0 Å². The molecule has 0 saturated heterocycles. The van der Waals surface area contributed by atoms with Gasteiger partial charge in [0.25, 0.3) is 5.91 Å². The summed E-state index contributed by atoms with van der Waals surface area (Å²) in [5.41, 5.74) is -0.674. The van der Waals surface area contributed by atoms with Crippen molar-refractivity contribution >= 4 is 23.2 Å². The molecule has 0 bridgehead atoms. The second kappa shape index (κ2) is 7.67. The van der Waals surface area contributed by atoms with Gasteiger partial charge < -0.3 is 15.2 Å². The average Bonchev–Trinajstić information content (AvgIpc) is 2.60. The Morgan fingerprint density at radius 3 is 2.48 bits per heavy atom. The molecule has 6 nitrogen and oxygen atoms in total. The number of nitrogens with one attached hydrogen (secondary N) is 1. The van der Waals surface area contributed by atoms with Crippen LogP contribution < -0.4 is 10.1 Å². The van der Waals surface area contributed by atoms with E-state index in [-0.39, 0.29) is 17.2 Å². The second-order valence-corrected chi connectivity index (χ2v) is 5.87. The number of ether oxygens (including phenoxy) is 1. The highest BCUT2D eigenvalue weighted by atomic mass is 35.5. The van der Waals surface area contributed by atoms with Crippen molar-refractivity contribution in [2.24, 2.45) is 0 Å². The van der Waals surface area contributed by atoms with Crippen LogP contribution in [0.2, 0.25) is 5.02 Å². The molecule has 25 heavy (non-hydrogen) atoms. The Kier molecular flexibility index (Phi) is 5.61. The molecule has 2 aromatic carbocycles. The van der Waals surface area contributed by atoms with E-state index in [9.17, 15) is 9.90 Å². The number of halogens is 1. The third kappa shape index (κ3) is 4.71. The van der Waals surface area contributed by atoms with Crippen LogP contribution in [-0.2, 0) is 4.79 Å². The highest BCUT2D eigenvalue weighted by molar-refractivity contribution is 6.32. The van der Waals surface area contributed by atoms with Gasteiger partial charge in [-0.15, -0.1) is 0 Å². The van der Waals surface area contributed by atoms with Crippen molar-refractivity contribution < 1.29 is 14.6 Å². The Labute approximate surface area is 149 Å². The number of hydrogen-bond acceptors (Lipinski definition) is 5. The second-order valence-electron chi connectivity index (χ2n) is 5.46. The van der Waals surface area contributed by atoms with E-state index in [0.717, 1.165) is 0 Å². The summed E-state index contributed by atoms with van der Waals surface area (Å²) in [5, 5.41) is 30.6. The number of benzene rings is 2. The van der Waals surface area contributed by atoms with Crippen LogP contribution in [0.4, 0.5) is 5.69 Å². The topological polar surface area (TPSA) is 106 Å². The molecule has 2 aromatic rings. The summed E-state index contributed by atoms with van der Waals surface area (Å²) in [5.74, 6) is -0.254. The lowest BCUT2D eigenvalue weighted by atomic mass is 10.1. The number of hydrogen-bond donors (Lipinski definition) is 2. The quantitative estimate of drug-likeness (QED) is 0.857. The fourth-order valence-electron chi connectivity index (χ4n) is 1.86. The molecule has 0 aliphatic carbocycles. The molecule has 0 aliphatic heterocycles. The van der Waals surface area contributed by atoms with Gasteiger partial charge in [-0.05, 0) is 49.4 Å². The summed E-state index contributed by atoms with van der Waals surface area (Å²) in [6, 6.07) is 14.6. The van der Waals surface area contributed by atoms with E-state index in [0.29, 0.717) is 17.0 Å². The maximum absolute atomic E-state index is 12.2. The smallest absolute Gasteiger partial charge is 0.259 e. The van der Waals surface area contributed by atoms with Gasteiger partial charge in [0, 0.05) is 5.69 Å². The summed E-state index contributed by atoms with van der Waals surface area (Å²) < 4.78 is 5.40. The number of amides is 1. The highest BCUT2D eigenvalue weighted by Crippen LogP contribution is 2.21. The van der Waals surface area contributed by atoms with E-state index < -0.39 is 11.5 Å². The molecule has 1 atom stereocenters. The standard InChI is InChI=1S/C18H14ClN3O3/c1-18(24,11-25-15-6-2-12(9-20)3-7-15)17(23)22-14-5-4-13(10-21)16(19)8-14/h2-8,24H,11H2,1H3,(H,22,23)/t18-/m0/s1. The minimum Gasteiger partial charge on any atom is -0.490 e. The monoisotopic (exact) mass is 355 g/mol. The molecule has 0 heterocycles. The van der Waals surface area contributed by atoms with Gasteiger partial charge in [0.2, 0.25) is 0 Å². The van der Waals surface area contributed by atoms with Crippen LogP contribution in [0.1, 0.15) is 18.1 Å². The van der Waals surface area contributed by atoms with Crippen molar-refractivity contribution in [3.8, 4) is 17.9 Å². The molecular formula is C18H14ClN3O3. The highest BCUT2D eigenvalue weighted by Gasteiger charge is 2.31. The van der Waals surface area contributed by atoms with Crippen LogP contribution in [-0.4, -0.2) is 23.2 Å². The summed E-state index contributed by atoms with van der Waals surface area (Å²) >= 11 is 5.91. The van der Waals surface area contributed by atoms with E-state index in [1.54, 1.807) is 24.3 Å². The van der Waals surface area contributed by atoms with E-state index in [4.69, 9.17) is 26.9 Å². The lowest BCUT2D eigenvalue weighted by Gasteiger charge is -2.22. The average molecular weight is 356 g/mol. The number of carbonyl (C=O) groups excluding carboxylic acids is 1. The summed E-state index contributed by atoms with van der Waals surface area (Å²) in [6.07, 6.45) is 0. The molecule has 1 amide bonds. The molecule has 0 fully saturated rings. The SMILES string of the molecule is C[C@](O)(COc1ccc(C#N)cc1)C(=O)Nc1ccc(C#N)c(Cl)c1. The molecule has 0 saturated carbocycles. The predicted octanol–water partition coefficient (Wildman–Crippen LogP) is 2.85. The van der Waals surface area contributed by atoms with Gasteiger partial charge in [0.1, 0.15) is 18.4 Å². The van der Waals surface area contributed by atoms with Gasteiger partial charge in [-0.1, -0.05) is 11.6 Å². The van der Waals surface area contributed by atoms with Crippen molar-refractivity contribution in [3.05, 3.63) is 58.6 Å². The van der Waals surface area contributed by atoms with Crippen molar-refractivity contribution in [1.82, 2.24) is 0 Å². The first-order valence-corrected chi connectivity index (χ1v) is 7.60. The van der Waals surface area contributed by atoms with E-state index in [2.05, 4.69) is 5.32 Å². The number of carbonyl (C=O) groups is 1. The molecular weight excluding hydrogens is 342 g/mol. The lowest BCUT2D eigenvalue weighted by molar-refractivity contribution is -0.135. The normalized spacial score (nSPS) is 12.4. The Bertz CT molecular complexity index is 865. The lowest BCUT2D eigenvalue weighted by Crippen LogP contribution is -2.45. The Morgan fingerprint density at radius 2 is 1.92 bits per heavy atom. The number of nitrogens with zero attached hydrogens (tertiary/aromatic N) is 2. The van der Waals surface area contributed by atoms with E-state index >= 15 is 0 Å². The summed E-state index contributed by atoms with van der Waals surface area (Å²) in [6.45, 7) is 1.03. The van der Waals surface area contributed by atoms with Crippen LogP contribution in [0.15, 0.2) is 42.5 Å². The molecule has 0 aromatic heterocycles. The third-order valence-electron chi connectivity index (χ3n) is 3.34. The Hall–Kier alpha value is -3.06. The molecule has 0 aliphatic rings. The molecule has 2 rings (SSSR count). The van der Waals surface area contributed by atoms with Crippen LogP contribution >= 0.6 is 11.6 Å². The minimum absolute atomic E-state index is 0.203. The minimum atomic E-state index is -1.80. The molecule has 0 spiro atoms. The third-order valence-corrected chi connectivity index (χ3v) is 3.65. The fourth-order valence-corrected chi connectivity index (χ4v) is 2.09. The molecule has 0 unspecified atom stereocenters. The van der Waals surface area contributed by atoms with Crippen LogP contribution in [0, 0.1) is 22.7 Å². The number of anilines is 1. The van der Waals surface area contributed by atoms with Crippen molar-refractivity contribution in [2.45, 2.75) is 12.5 Å². The fraction of sp³-hybridized carbons (Fsp3) is 0.167. The van der Waals surface area contributed by atoms with E-state index in [1.165, 1.54) is 25.1 Å². The Morgan fingerprint density at radius 1 is 1.24 bits per heavy atom. The van der Waals surface area contributed by atoms with Gasteiger partial charge >= 0.3 is 0 Å². The van der Waals surface area contributed by atoms with Crippen LogP contribution in [0.5, 0.6) is 5.75 Å². The zero-order chi connectivity index (χ0) is 18.4. The predicted molar refractivity (Wildman–Crippen MR) is 92.1 cm³/mol.